The van der Waals surface area contributed by atoms with Crippen LogP contribution in [-0.4, -0.2) is 28.2 Å². The number of hydrogen-bond donors (Lipinski definition) is 1. The second-order valence-electron chi connectivity index (χ2n) is 6.19. The van der Waals surface area contributed by atoms with Crippen molar-refractivity contribution < 1.29 is 14.6 Å². The molecule has 0 amide bonds. The molecule has 0 aliphatic rings. The van der Waals surface area contributed by atoms with Crippen LogP contribution in [0.2, 0.25) is 0 Å². The van der Waals surface area contributed by atoms with Crippen molar-refractivity contribution in [1.82, 2.24) is 4.98 Å². The molecule has 1 N–H and O–H groups in total. The zero-order valence-corrected chi connectivity index (χ0v) is 17.5. The Labute approximate surface area is 167 Å². The monoisotopic (exact) mass is 437 g/mol. The van der Waals surface area contributed by atoms with Crippen LogP contribution in [0.5, 0.6) is 11.5 Å². The van der Waals surface area contributed by atoms with E-state index >= 15 is 0 Å². The van der Waals surface area contributed by atoms with Gasteiger partial charge in [0.15, 0.2) is 0 Å². The van der Waals surface area contributed by atoms with E-state index in [9.17, 15) is 9.90 Å². The first-order valence-corrected chi connectivity index (χ1v) is 10.4. The molecule has 0 aliphatic heterocycles. The Morgan fingerprint density at radius 3 is 2.69 bits per heavy atom. The number of phenols is 1. The summed E-state index contributed by atoms with van der Waals surface area (Å²) in [7, 11) is 0. The van der Waals surface area contributed by atoms with E-state index in [1.165, 1.54) is 4.90 Å². The van der Waals surface area contributed by atoms with Gasteiger partial charge in [0, 0.05) is 23.2 Å². The number of ketones is 1. The number of carbonyl (C=O) groups excluding carboxylic acids is 1. The number of Topliss-reactive ketones (excluding diaryl/α,β-unsaturated/α-hetero) is 1. The van der Waals surface area contributed by atoms with Crippen LogP contribution in [0.4, 0.5) is 0 Å². The van der Waals surface area contributed by atoms with Gasteiger partial charge in [0.2, 0.25) is 0 Å². The van der Waals surface area contributed by atoms with Crippen molar-refractivity contribution in [1.29, 1.82) is 0 Å². The third-order valence-corrected chi connectivity index (χ3v) is 5.96. The number of aromatic hydroxyl groups is 1. The molecule has 0 radical (unpaired) electrons. The van der Waals surface area contributed by atoms with Crippen LogP contribution in [0.15, 0.2) is 46.0 Å². The van der Waals surface area contributed by atoms with E-state index in [1.54, 1.807) is 19.3 Å². The van der Waals surface area contributed by atoms with Crippen LogP contribution < -0.4 is 4.74 Å². The van der Waals surface area contributed by atoms with E-state index in [0.717, 1.165) is 24.2 Å². The van der Waals surface area contributed by atoms with Gasteiger partial charge in [0.25, 0.3) is 0 Å². The predicted octanol–water partition coefficient (Wildman–Crippen LogP) is 5.27. The molecule has 140 valence electrons. The van der Waals surface area contributed by atoms with Gasteiger partial charge in [-0.05, 0) is 71.6 Å². The normalized spacial score (nSPS) is 12.0. The Balaban J connectivity index is 1.77. The van der Waals surface area contributed by atoms with Gasteiger partial charge in [-0.2, -0.15) is 0 Å². The van der Waals surface area contributed by atoms with Crippen LogP contribution in [0.3, 0.4) is 0 Å². The number of thioether (sulfide) groups is 1. The number of rotatable bonds is 10. The summed E-state index contributed by atoms with van der Waals surface area (Å²) in [4.78, 5) is 16.6. The third kappa shape index (κ3) is 6.32. The topological polar surface area (TPSA) is 59.4 Å². The summed E-state index contributed by atoms with van der Waals surface area (Å²) in [6.45, 7) is 4.03. The quantitative estimate of drug-likeness (QED) is 0.405. The second kappa shape index (κ2) is 10.6. The van der Waals surface area contributed by atoms with Gasteiger partial charge in [-0.25, -0.2) is 0 Å². The maximum Gasteiger partial charge on any atom is 0.137 e. The Hall–Kier alpha value is -1.53. The maximum atomic E-state index is 11.4. The van der Waals surface area contributed by atoms with E-state index < -0.39 is 0 Å². The number of benzene rings is 1. The molecule has 0 aliphatic carbocycles. The molecule has 0 spiro atoms. The van der Waals surface area contributed by atoms with Gasteiger partial charge in [-0.3, -0.25) is 9.78 Å². The molecule has 0 saturated heterocycles. The molecule has 4 nitrogen and oxygen atoms in total. The minimum Gasteiger partial charge on any atom is -0.506 e. The molecular weight excluding hydrogens is 414 g/mol. The molecular formula is C20H24BrNO3S. The SMILES string of the molecule is CC(=O)C(C)Cc1ccc(OCCCCSc2ccncc2)c(Br)c1O. The molecule has 0 bridgehead atoms. The van der Waals surface area contributed by atoms with Crippen molar-refractivity contribution in [3.05, 3.63) is 46.7 Å². The van der Waals surface area contributed by atoms with Crippen LogP contribution in [0.1, 0.15) is 32.3 Å². The van der Waals surface area contributed by atoms with Gasteiger partial charge in [0.05, 0.1) is 6.61 Å². The van der Waals surface area contributed by atoms with E-state index in [4.69, 9.17) is 4.74 Å². The Morgan fingerprint density at radius 1 is 1.27 bits per heavy atom. The molecule has 0 fully saturated rings. The summed E-state index contributed by atoms with van der Waals surface area (Å²) in [5.74, 6) is 1.82. The average molecular weight is 438 g/mol. The number of carbonyl (C=O) groups is 1. The van der Waals surface area contributed by atoms with Crippen molar-refractivity contribution in [3.8, 4) is 11.5 Å². The minimum absolute atomic E-state index is 0.113. The maximum absolute atomic E-state index is 11.4. The largest absolute Gasteiger partial charge is 0.506 e. The van der Waals surface area contributed by atoms with Crippen molar-refractivity contribution in [2.75, 3.05) is 12.4 Å². The van der Waals surface area contributed by atoms with Gasteiger partial charge < -0.3 is 9.84 Å². The van der Waals surface area contributed by atoms with Gasteiger partial charge in [-0.15, -0.1) is 11.8 Å². The van der Waals surface area contributed by atoms with E-state index in [-0.39, 0.29) is 17.5 Å². The van der Waals surface area contributed by atoms with Crippen molar-refractivity contribution in [2.24, 2.45) is 5.92 Å². The summed E-state index contributed by atoms with van der Waals surface area (Å²) in [6, 6.07) is 7.69. The lowest BCUT2D eigenvalue weighted by Crippen LogP contribution is -2.09. The lowest BCUT2D eigenvalue weighted by Gasteiger charge is -2.14. The number of halogens is 1. The molecule has 1 unspecified atom stereocenters. The number of ether oxygens (including phenoxy) is 1. The minimum atomic E-state index is -0.113. The highest BCUT2D eigenvalue weighted by Crippen LogP contribution is 2.37. The van der Waals surface area contributed by atoms with Gasteiger partial charge in [0.1, 0.15) is 21.8 Å². The molecule has 2 aromatic rings. The molecule has 1 aromatic carbocycles. The number of nitrogens with zero attached hydrogens (tertiary/aromatic N) is 1. The second-order valence-corrected chi connectivity index (χ2v) is 8.15. The average Bonchev–Trinajstić information content (AvgIpc) is 2.64. The van der Waals surface area contributed by atoms with Crippen molar-refractivity contribution >= 4 is 33.5 Å². The van der Waals surface area contributed by atoms with Crippen LogP contribution in [0.25, 0.3) is 0 Å². The first kappa shape index (κ1) is 20.8. The van der Waals surface area contributed by atoms with Crippen LogP contribution >= 0.6 is 27.7 Å². The fourth-order valence-electron chi connectivity index (χ4n) is 2.35. The molecule has 2 rings (SSSR count). The van der Waals surface area contributed by atoms with E-state index in [1.807, 2.05) is 43.0 Å². The van der Waals surface area contributed by atoms with Gasteiger partial charge in [-0.1, -0.05) is 13.0 Å². The fourth-order valence-corrected chi connectivity index (χ4v) is 3.75. The fraction of sp³-hybridized carbons (Fsp3) is 0.400. The molecule has 1 heterocycles. The number of phenolic OH excluding ortho intramolecular Hbond substituents is 1. The molecule has 26 heavy (non-hydrogen) atoms. The van der Waals surface area contributed by atoms with Crippen LogP contribution in [-0.2, 0) is 11.2 Å². The number of pyridine rings is 1. The zero-order chi connectivity index (χ0) is 18.9. The summed E-state index contributed by atoms with van der Waals surface area (Å²) >= 11 is 5.21. The highest BCUT2D eigenvalue weighted by molar-refractivity contribution is 9.10. The Kier molecular flexibility index (Phi) is 8.45. The third-order valence-electron chi connectivity index (χ3n) is 4.10. The highest BCUT2D eigenvalue weighted by Gasteiger charge is 2.16. The molecule has 1 aromatic heterocycles. The van der Waals surface area contributed by atoms with Crippen molar-refractivity contribution in [3.63, 3.8) is 0 Å². The summed E-state index contributed by atoms with van der Waals surface area (Å²) in [6.07, 6.45) is 6.11. The number of hydrogen-bond acceptors (Lipinski definition) is 5. The summed E-state index contributed by atoms with van der Waals surface area (Å²) in [5.41, 5.74) is 0.751. The van der Waals surface area contributed by atoms with Crippen molar-refractivity contribution in [2.45, 2.75) is 38.0 Å². The smallest absolute Gasteiger partial charge is 0.137 e. The number of unbranched alkanes of at least 4 members (excludes halogenated alkanes) is 1. The molecule has 1 atom stereocenters. The van der Waals surface area contributed by atoms with E-state index in [0.29, 0.717) is 23.2 Å². The Morgan fingerprint density at radius 2 is 2.00 bits per heavy atom. The predicted molar refractivity (Wildman–Crippen MR) is 109 cm³/mol. The molecule has 6 heteroatoms. The Bertz CT molecular complexity index is 724. The molecule has 0 saturated carbocycles. The van der Waals surface area contributed by atoms with Crippen LogP contribution in [0, 0.1) is 5.92 Å². The summed E-state index contributed by atoms with van der Waals surface area (Å²) in [5, 5.41) is 10.3. The zero-order valence-electron chi connectivity index (χ0n) is 15.1. The number of aromatic nitrogens is 1. The lowest BCUT2D eigenvalue weighted by molar-refractivity contribution is -0.120. The summed E-state index contributed by atoms with van der Waals surface area (Å²) < 4.78 is 6.34. The first-order valence-electron chi connectivity index (χ1n) is 8.65. The highest BCUT2D eigenvalue weighted by atomic mass is 79.9. The first-order chi connectivity index (χ1) is 12.5. The lowest BCUT2D eigenvalue weighted by atomic mass is 9.97. The van der Waals surface area contributed by atoms with Gasteiger partial charge >= 0.3 is 0 Å². The van der Waals surface area contributed by atoms with E-state index in [2.05, 4.69) is 20.9 Å². The standard InChI is InChI=1S/C20H24BrNO3S/c1-14(15(2)23)13-16-5-6-18(19(21)20(16)24)25-11-3-4-12-26-17-7-9-22-10-8-17/h5-10,14,24H,3-4,11-13H2,1-2H3.